The van der Waals surface area contributed by atoms with Gasteiger partial charge in [-0.3, -0.25) is 9.36 Å². The average molecular weight is 455 g/mol. The normalized spacial score (nSPS) is 27.8. The van der Waals surface area contributed by atoms with Crippen LogP contribution in [-0.4, -0.2) is 48.8 Å². The zero-order valence-corrected chi connectivity index (χ0v) is 19.9. The van der Waals surface area contributed by atoms with Crippen molar-refractivity contribution < 1.29 is 14.6 Å². The first-order valence-electron chi connectivity index (χ1n) is 11.8. The molecule has 0 spiro atoms. The van der Waals surface area contributed by atoms with E-state index in [2.05, 4.69) is 52.9 Å². The number of carbonyl (C=O) groups is 1. The molecule has 178 valence electrons. The Morgan fingerprint density at radius 3 is 2.85 bits per heavy atom. The van der Waals surface area contributed by atoms with Gasteiger partial charge in [0.1, 0.15) is 23.4 Å². The van der Waals surface area contributed by atoms with Crippen molar-refractivity contribution in [1.82, 2.24) is 24.8 Å². The van der Waals surface area contributed by atoms with E-state index in [4.69, 9.17) is 10.5 Å². The number of fused-ring (bicyclic) bond motifs is 1. The maximum Gasteiger partial charge on any atom is 0.249 e. The van der Waals surface area contributed by atoms with Crippen LogP contribution in [0, 0.1) is 23.2 Å². The van der Waals surface area contributed by atoms with E-state index < -0.39 is 11.7 Å². The average Bonchev–Trinajstić information content (AvgIpc) is 3.39. The van der Waals surface area contributed by atoms with Gasteiger partial charge in [-0.1, -0.05) is 33.1 Å². The molecule has 2 fully saturated rings. The number of likely N-dealkylation sites (N-methyl/N-ethyl adjacent to an activating group) is 1. The summed E-state index contributed by atoms with van der Waals surface area (Å²) in [5, 5.41) is 14.2. The zero-order valence-electron chi connectivity index (χ0n) is 19.9. The fraction of sp³-hybridized carbons (Fsp3) is 0.667. The molecular formula is C24H34N6O3. The Morgan fingerprint density at radius 2 is 2.12 bits per heavy atom. The molecule has 1 aliphatic heterocycles. The summed E-state index contributed by atoms with van der Waals surface area (Å²) in [5.74, 6) is 6.51. The van der Waals surface area contributed by atoms with Crippen LogP contribution in [0.4, 0.5) is 5.82 Å². The van der Waals surface area contributed by atoms with Crippen molar-refractivity contribution in [3.8, 4) is 11.8 Å². The minimum absolute atomic E-state index is 0.0628. The first-order valence-corrected chi connectivity index (χ1v) is 11.8. The summed E-state index contributed by atoms with van der Waals surface area (Å²) in [6.07, 6.45) is 5.63. The third kappa shape index (κ3) is 4.68. The molecule has 4 N–H and O–H groups in total. The topological polar surface area (TPSA) is 128 Å². The quantitative estimate of drug-likeness (QED) is 0.608. The van der Waals surface area contributed by atoms with Crippen LogP contribution in [0.15, 0.2) is 6.33 Å². The van der Waals surface area contributed by atoms with E-state index in [1.807, 2.05) is 6.92 Å². The summed E-state index contributed by atoms with van der Waals surface area (Å²) >= 11 is 0. The van der Waals surface area contributed by atoms with E-state index in [-0.39, 0.29) is 35.1 Å². The van der Waals surface area contributed by atoms with Gasteiger partial charge < -0.3 is 20.9 Å². The number of amides is 1. The van der Waals surface area contributed by atoms with E-state index >= 15 is 0 Å². The highest BCUT2D eigenvalue weighted by molar-refractivity contribution is 5.82. The smallest absolute Gasteiger partial charge is 0.249 e. The molecule has 3 heterocycles. The second-order valence-electron chi connectivity index (χ2n) is 10.1. The Hall–Kier alpha value is -2.70. The molecule has 4 rings (SSSR count). The molecule has 4 atom stereocenters. The molecule has 1 saturated heterocycles. The number of imidazole rings is 1. The largest absolute Gasteiger partial charge is 0.382 e. The molecule has 2 aromatic rings. The highest BCUT2D eigenvalue weighted by atomic mass is 16.5. The maximum atomic E-state index is 12.1. The number of nitrogens with one attached hydrogen (secondary N) is 1. The summed E-state index contributed by atoms with van der Waals surface area (Å²) < 4.78 is 7.75. The Kier molecular flexibility index (Phi) is 6.34. The summed E-state index contributed by atoms with van der Waals surface area (Å²) in [7, 11) is 0. The van der Waals surface area contributed by atoms with Crippen molar-refractivity contribution in [2.75, 3.05) is 12.3 Å². The van der Waals surface area contributed by atoms with Gasteiger partial charge >= 0.3 is 0 Å². The highest BCUT2D eigenvalue weighted by Gasteiger charge is 2.44. The Morgan fingerprint density at radius 1 is 1.33 bits per heavy atom. The maximum absolute atomic E-state index is 12.1. The number of aromatic nitrogens is 4. The van der Waals surface area contributed by atoms with E-state index in [0.29, 0.717) is 37.0 Å². The van der Waals surface area contributed by atoms with Gasteiger partial charge in [-0.15, -0.1) is 0 Å². The van der Waals surface area contributed by atoms with E-state index in [9.17, 15) is 9.90 Å². The number of nitrogens with two attached hydrogens (primary N) is 1. The number of hydrogen-bond acceptors (Lipinski definition) is 7. The fourth-order valence-electron chi connectivity index (χ4n) is 5.13. The second kappa shape index (κ2) is 8.92. The van der Waals surface area contributed by atoms with E-state index in [1.165, 1.54) is 0 Å². The Balaban J connectivity index is 1.63. The Labute approximate surface area is 194 Å². The lowest BCUT2D eigenvalue weighted by Gasteiger charge is -2.43. The minimum atomic E-state index is -1.09. The van der Waals surface area contributed by atoms with Crippen LogP contribution >= 0.6 is 0 Å². The third-order valence-corrected chi connectivity index (χ3v) is 6.71. The fourth-order valence-corrected chi connectivity index (χ4v) is 5.13. The Bertz CT molecular complexity index is 1100. The van der Waals surface area contributed by atoms with Gasteiger partial charge in [-0.25, -0.2) is 15.0 Å². The van der Waals surface area contributed by atoms with Crippen molar-refractivity contribution in [3.63, 3.8) is 0 Å². The van der Waals surface area contributed by atoms with Crippen LogP contribution in [0.1, 0.15) is 78.3 Å². The van der Waals surface area contributed by atoms with Crippen LogP contribution in [0.2, 0.25) is 0 Å². The zero-order chi connectivity index (χ0) is 23.8. The summed E-state index contributed by atoms with van der Waals surface area (Å²) in [4.78, 5) is 25.4. The molecule has 1 amide bonds. The molecule has 0 bridgehead atoms. The number of carbonyl (C=O) groups excluding carboxylic acids is 1. The molecule has 0 aromatic carbocycles. The van der Waals surface area contributed by atoms with Crippen molar-refractivity contribution in [1.29, 1.82) is 0 Å². The van der Waals surface area contributed by atoms with Crippen molar-refractivity contribution in [3.05, 3.63) is 12.2 Å². The molecule has 33 heavy (non-hydrogen) atoms. The highest BCUT2D eigenvalue weighted by Crippen LogP contribution is 2.44. The molecule has 9 nitrogen and oxygen atoms in total. The second-order valence-corrected chi connectivity index (χ2v) is 10.1. The molecule has 2 aromatic heterocycles. The molecular weight excluding hydrogens is 420 g/mol. The first-order chi connectivity index (χ1) is 15.6. The van der Waals surface area contributed by atoms with E-state index in [1.54, 1.807) is 10.9 Å². The van der Waals surface area contributed by atoms with Gasteiger partial charge in [0, 0.05) is 12.5 Å². The number of nitrogens with zero attached hydrogens (tertiary/aromatic N) is 4. The van der Waals surface area contributed by atoms with Crippen LogP contribution in [0.5, 0.6) is 0 Å². The van der Waals surface area contributed by atoms with Gasteiger partial charge in [-0.2, -0.15) is 0 Å². The number of anilines is 1. The summed E-state index contributed by atoms with van der Waals surface area (Å²) in [6.45, 7) is 8.87. The number of nitrogen functional groups attached to an aromatic ring is 1. The number of aliphatic hydroxyl groups is 1. The van der Waals surface area contributed by atoms with E-state index in [0.717, 1.165) is 19.3 Å². The lowest BCUT2D eigenvalue weighted by atomic mass is 9.64. The number of ether oxygens (including phenoxy) is 1. The molecule has 1 aliphatic carbocycles. The first kappa shape index (κ1) is 23.5. The predicted molar refractivity (Wildman–Crippen MR) is 125 cm³/mol. The van der Waals surface area contributed by atoms with Crippen LogP contribution < -0.4 is 11.1 Å². The van der Waals surface area contributed by atoms with Gasteiger partial charge in [0.15, 0.2) is 11.5 Å². The molecule has 1 saturated carbocycles. The lowest BCUT2D eigenvalue weighted by molar-refractivity contribution is -0.133. The third-order valence-electron chi connectivity index (χ3n) is 6.71. The van der Waals surface area contributed by atoms with Crippen LogP contribution in [0.3, 0.4) is 0 Å². The monoisotopic (exact) mass is 454 g/mol. The SMILES string of the molecule is CCNC(=O)C1CC[C@H](n2cnc3c(N)nc(C#CC4(O)CCCCC4C(C)(C)C)nc32)O1. The number of hydrogen-bond donors (Lipinski definition) is 3. The van der Waals surface area contributed by atoms with Crippen LogP contribution in [0.25, 0.3) is 11.2 Å². The van der Waals surface area contributed by atoms with Gasteiger partial charge in [0.05, 0.1) is 6.33 Å². The molecule has 0 radical (unpaired) electrons. The predicted octanol–water partition coefficient (Wildman–Crippen LogP) is 2.54. The van der Waals surface area contributed by atoms with Crippen LogP contribution in [-0.2, 0) is 9.53 Å². The van der Waals surface area contributed by atoms with Gasteiger partial charge in [0.2, 0.25) is 11.7 Å². The van der Waals surface area contributed by atoms with Crippen molar-refractivity contribution >= 4 is 22.9 Å². The summed E-state index contributed by atoms with van der Waals surface area (Å²) in [5.41, 5.74) is 5.99. The summed E-state index contributed by atoms with van der Waals surface area (Å²) in [6, 6.07) is 0. The van der Waals surface area contributed by atoms with Crippen molar-refractivity contribution in [2.24, 2.45) is 11.3 Å². The molecule has 2 aliphatic rings. The molecule has 3 unspecified atom stereocenters. The molecule has 9 heteroatoms. The van der Waals surface area contributed by atoms with Crippen molar-refractivity contribution in [2.45, 2.75) is 84.2 Å². The minimum Gasteiger partial charge on any atom is -0.382 e. The van der Waals surface area contributed by atoms with Gasteiger partial charge in [-0.05, 0) is 50.4 Å². The standard InChI is InChI=1S/C24H34N6O3/c1-5-26-22(31)15-9-10-18(33-15)30-14-27-19-20(25)28-17(29-21(19)30)11-13-24(32)12-7-6-8-16(24)23(2,3)4/h14-16,18,32H,5-10,12H2,1-4H3,(H,26,31)(H2,25,28,29)/t15?,16?,18-,24?/m1/s1. The lowest BCUT2D eigenvalue weighted by Crippen LogP contribution is -2.45. The number of rotatable bonds is 3. The van der Waals surface area contributed by atoms with Gasteiger partial charge in [0.25, 0.3) is 0 Å².